The summed E-state index contributed by atoms with van der Waals surface area (Å²) < 4.78 is 28.5. The number of rotatable bonds is 2. The quantitative estimate of drug-likeness (QED) is 0.778. The van der Waals surface area contributed by atoms with Gasteiger partial charge < -0.3 is 14.4 Å². The standard InChI is InChI=1S/C18H15F2N3O2/c19-14-3-1-11(7-15(14)20)16-8-13(24)10-23(16)18(25)12-2-4-17-21-5-6-22(17)9-12/h1-7,9,13,16,24H,8,10H2/t13-,16+/m0/s1. The van der Waals surface area contributed by atoms with Crippen LogP contribution in [-0.4, -0.2) is 37.9 Å². The van der Waals surface area contributed by atoms with E-state index in [9.17, 15) is 18.7 Å². The van der Waals surface area contributed by atoms with Gasteiger partial charge in [0, 0.05) is 25.1 Å². The molecule has 0 unspecified atom stereocenters. The number of aliphatic hydroxyl groups is 1. The van der Waals surface area contributed by atoms with Gasteiger partial charge in [0.1, 0.15) is 5.65 Å². The molecule has 2 atom stereocenters. The molecule has 0 aliphatic carbocycles. The molecule has 3 aromatic rings. The third-order valence-corrected chi connectivity index (χ3v) is 4.50. The minimum atomic E-state index is -0.967. The van der Waals surface area contributed by atoms with Crippen LogP contribution in [0.2, 0.25) is 0 Å². The minimum Gasteiger partial charge on any atom is -0.391 e. The highest BCUT2D eigenvalue weighted by molar-refractivity contribution is 5.94. The van der Waals surface area contributed by atoms with Gasteiger partial charge in [-0.1, -0.05) is 6.07 Å². The largest absolute Gasteiger partial charge is 0.391 e. The zero-order valence-corrected chi connectivity index (χ0v) is 13.1. The van der Waals surface area contributed by atoms with E-state index in [1.807, 2.05) is 0 Å². The molecule has 5 nitrogen and oxygen atoms in total. The Bertz CT molecular complexity index is 956. The van der Waals surface area contributed by atoms with E-state index >= 15 is 0 Å². The van der Waals surface area contributed by atoms with E-state index in [0.29, 0.717) is 11.1 Å². The average Bonchev–Trinajstić information content (AvgIpc) is 3.22. The highest BCUT2D eigenvalue weighted by Crippen LogP contribution is 2.34. The summed E-state index contributed by atoms with van der Waals surface area (Å²) in [5, 5.41) is 10.0. The predicted octanol–water partition coefficient (Wildman–Crippen LogP) is 2.56. The number of benzene rings is 1. The zero-order chi connectivity index (χ0) is 17.6. The monoisotopic (exact) mass is 343 g/mol. The fraction of sp³-hybridized carbons (Fsp3) is 0.222. The van der Waals surface area contributed by atoms with Crippen molar-refractivity contribution in [3.8, 4) is 0 Å². The maximum atomic E-state index is 13.6. The summed E-state index contributed by atoms with van der Waals surface area (Å²) in [4.78, 5) is 18.5. The molecule has 128 valence electrons. The average molecular weight is 343 g/mol. The minimum absolute atomic E-state index is 0.143. The van der Waals surface area contributed by atoms with Gasteiger partial charge >= 0.3 is 0 Å². The van der Waals surface area contributed by atoms with Crippen molar-refractivity contribution in [3.63, 3.8) is 0 Å². The van der Waals surface area contributed by atoms with Gasteiger partial charge in [-0.2, -0.15) is 0 Å². The Balaban J connectivity index is 1.68. The Kier molecular flexibility index (Phi) is 3.73. The first-order valence-corrected chi connectivity index (χ1v) is 7.89. The first-order valence-electron chi connectivity index (χ1n) is 7.89. The number of hydrogen-bond donors (Lipinski definition) is 1. The van der Waals surface area contributed by atoms with Crippen molar-refractivity contribution in [3.05, 3.63) is 71.7 Å². The molecule has 7 heteroatoms. The van der Waals surface area contributed by atoms with Crippen molar-refractivity contribution >= 4 is 11.6 Å². The number of amides is 1. The number of fused-ring (bicyclic) bond motifs is 1. The molecule has 0 radical (unpaired) electrons. The number of carbonyl (C=O) groups is 1. The Morgan fingerprint density at radius 1 is 1.20 bits per heavy atom. The highest BCUT2D eigenvalue weighted by Gasteiger charge is 2.36. The number of pyridine rings is 1. The van der Waals surface area contributed by atoms with Crippen LogP contribution < -0.4 is 0 Å². The summed E-state index contributed by atoms with van der Waals surface area (Å²) in [5.41, 5.74) is 1.62. The summed E-state index contributed by atoms with van der Waals surface area (Å²) in [6, 6.07) is 6.45. The molecule has 1 fully saturated rings. The summed E-state index contributed by atoms with van der Waals surface area (Å²) >= 11 is 0. The normalized spacial score (nSPS) is 20.4. The zero-order valence-electron chi connectivity index (χ0n) is 13.1. The van der Waals surface area contributed by atoms with E-state index < -0.39 is 23.8 Å². The van der Waals surface area contributed by atoms with Crippen molar-refractivity contribution < 1.29 is 18.7 Å². The van der Waals surface area contributed by atoms with Gasteiger partial charge in [-0.3, -0.25) is 4.79 Å². The van der Waals surface area contributed by atoms with Gasteiger partial charge in [0.25, 0.3) is 5.91 Å². The second-order valence-electron chi connectivity index (χ2n) is 6.15. The van der Waals surface area contributed by atoms with E-state index in [1.54, 1.807) is 35.1 Å². The molecule has 2 aromatic heterocycles. The lowest BCUT2D eigenvalue weighted by molar-refractivity contribution is 0.0715. The highest BCUT2D eigenvalue weighted by atomic mass is 19.2. The molecule has 4 rings (SSSR count). The smallest absolute Gasteiger partial charge is 0.255 e. The number of halogens is 2. The SMILES string of the molecule is O=C(c1ccc2nccn2c1)N1C[C@@H](O)C[C@@H]1c1ccc(F)c(F)c1. The Morgan fingerprint density at radius 3 is 2.84 bits per heavy atom. The number of aromatic nitrogens is 2. The number of nitrogens with zero attached hydrogens (tertiary/aromatic N) is 3. The van der Waals surface area contributed by atoms with Crippen LogP contribution >= 0.6 is 0 Å². The fourth-order valence-electron chi connectivity index (χ4n) is 3.29. The van der Waals surface area contributed by atoms with Crippen LogP contribution in [0.3, 0.4) is 0 Å². The maximum Gasteiger partial charge on any atom is 0.255 e. The van der Waals surface area contributed by atoms with Crippen molar-refractivity contribution in [2.75, 3.05) is 6.54 Å². The van der Waals surface area contributed by atoms with Gasteiger partial charge in [-0.15, -0.1) is 0 Å². The number of carbonyl (C=O) groups excluding carboxylic acids is 1. The number of β-amino-alcohol motifs (C(OH)–C–C–N with tert-alkyl or cyclic N) is 1. The molecule has 1 aliphatic rings. The van der Waals surface area contributed by atoms with Crippen LogP contribution in [0, 0.1) is 11.6 Å². The van der Waals surface area contributed by atoms with E-state index in [-0.39, 0.29) is 18.9 Å². The van der Waals surface area contributed by atoms with Crippen molar-refractivity contribution in [1.29, 1.82) is 0 Å². The molecule has 25 heavy (non-hydrogen) atoms. The summed E-state index contributed by atoms with van der Waals surface area (Å²) in [6.07, 6.45) is 4.60. The van der Waals surface area contributed by atoms with Crippen LogP contribution in [0.1, 0.15) is 28.4 Å². The van der Waals surface area contributed by atoms with Crippen molar-refractivity contribution in [2.45, 2.75) is 18.6 Å². The van der Waals surface area contributed by atoms with Crippen LogP contribution in [0.15, 0.2) is 48.9 Å². The lowest BCUT2D eigenvalue weighted by Crippen LogP contribution is -2.32. The van der Waals surface area contributed by atoms with Crippen LogP contribution in [0.25, 0.3) is 5.65 Å². The molecule has 3 heterocycles. The van der Waals surface area contributed by atoms with E-state index in [4.69, 9.17) is 0 Å². The molecule has 1 saturated heterocycles. The molecule has 0 spiro atoms. The second kappa shape index (κ2) is 5.93. The Labute approximate surface area is 142 Å². The molecule has 0 saturated carbocycles. The Hall–Kier alpha value is -2.80. The van der Waals surface area contributed by atoms with Gasteiger partial charge in [-0.25, -0.2) is 13.8 Å². The topological polar surface area (TPSA) is 57.8 Å². The van der Waals surface area contributed by atoms with Crippen LogP contribution in [0.4, 0.5) is 8.78 Å². The second-order valence-corrected chi connectivity index (χ2v) is 6.15. The third kappa shape index (κ3) is 2.76. The third-order valence-electron chi connectivity index (χ3n) is 4.50. The predicted molar refractivity (Wildman–Crippen MR) is 86.0 cm³/mol. The molecular weight excluding hydrogens is 328 g/mol. The first-order chi connectivity index (χ1) is 12.0. The molecule has 1 aromatic carbocycles. The molecule has 0 bridgehead atoms. The van der Waals surface area contributed by atoms with E-state index in [1.165, 1.54) is 11.0 Å². The van der Waals surface area contributed by atoms with Crippen molar-refractivity contribution in [1.82, 2.24) is 14.3 Å². The first kappa shape index (κ1) is 15.7. The van der Waals surface area contributed by atoms with Crippen LogP contribution in [0.5, 0.6) is 0 Å². The fourth-order valence-corrected chi connectivity index (χ4v) is 3.29. The van der Waals surface area contributed by atoms with Gasteiger partial charge in [0.05, 0.1) is 17.7 Å². The molecule has 1 N–H and O–H groups in total. The molecular formula is C18H15F2N3O2. The maximum absolute atomic E-state index is 13.6. The van der Waals surface area contributed by atoms with Gasteiger partial charge in [-0.05, 0) is 36.2 Å². The Morgan fingerprint density at radius 2 is 2.04 bits per heavy atom. The molecule has 1 amide bonds. The number of aliphatic hydroxyl groups excluding tert-OH is 1. The number of likely N-dealkylation sites (tertiary alicyclic amines) is 1. The van der Waals surface area contributed by atoms with Crippen LogP contribution in [-0.2, 0) is 0 Å². The summed E-state index contributed by atoms with van der Waals surface area (Å²) in [6.45, 7) is 0.143. The molecule has 1 aliphatic heterocycles. The van der Waals surface area contributed by atoms with Crippen molar-refractivity contribution in [2.24, 2.45) is 0 Å². The number of hydrogen-bond acceptors (Lipinski definition) is 3. The van der Waals surface area contributed by atoms with E-state index in [0.717, 1.165) is 17.8 Å². The van der Waals surface area contributed by atoms with E-state index in [2.05, 4.69) is 4.98 Å². The number of imidazole rings is 1. The summed E-state index contributed by atoms with van der Waals surface area (Å²) in [7, 11) is 0. The summed E-state index contributed by atoms with van der Waals surface area (Å²) in [5.74, 6) is -2.18. The lowest BCUT2D eigenvalue weighted by Gasteiger charge is -2.25. The lowest BCUT2D eigenvalue weighted by atomic mass is 10.0. The van der Waals surface area contributed by atoms with Gasteiger partial charge in [0.15, 0.2) is 11.6 Å². The van der Waals surface area contributed by atoms with Gasteiger partial charge in [0.2, 0.25) is 0 Å².